The van der Waals surface area contributed by atoms with Gasteiger partial charge >= 0.3 is 18.0 Å². The molecule has 1 aliphatic heterocycles. The van der Waals surface area contributed by atoms with Crippen molar-refractivity contribution in [3.05, 3.63) is 71.8 Å². The molecule has 0 saturated carbocycles. The molecule has 8 nitrogen and oxygen atoms in total. The van der Waals surface area contributed by atoms with E-state index in [-0.39, 0.29) is 13.1 Å². The molecule has 1 fully saturated rings. The van der Waals surface area contributed by atoms with E-state index in [0.717, 1.165) is 10.5 Å². The number of amides is 4. The van der Waals surface area contributed by atoms with Crippen molar-refractivity contribution in [3.8, 4) is 0 Å². The normalized spacial score (nSPS) is 15.2. The summed E-state index contributed by atoms with van der Waals surface area (Å²) >= 11 is 0. The molecule has 1 aliphatic rings. The number of hydrogen-bond donors (Lipinski definition) is 2. The van der Waals surface area contributed by atoms with Gasteiger partial charge in [-0.1, -0.05) is 60.7 Å². The standard InChI is InChI=1S/C19H18N4O4/c24-17(25)16(15-9-5-2-6-10-15)21-18(26)22-11-12-23(19(22)27)20-13-14-7-3-1-4-8-14/h1-10,13,16H,11-12H2,(H,21,26)(H,24,25)/b20-13+/t16-/m1/s1. The third-order valence-electron chi connectivity index (χ3n) is 4.03. The molecular weight excluding hydrogens is 348 g/mol. The number of rotatable bonds is 5. The highest BCUT2D eigenvalue weighted by atomic mass is 16.4. The number of urea groups is 2. The Morgan fingerprint density at radius 2 is 1.67 bits per heavy atom. The van der Waals surface area contributed by atoms with Crippen LogP contribution in [0.25, 0.3) is 0 Å². The van der Waals surface area contributed by atoms with E-state index in [1.807, 2.05) is 30.3 Å². The van der Waals surface area contributed by atoms with E-state index in [1.165, 1.54) is 11.2 Å². The fraction of sp³-hybridized carbons (Fsp3) is 0.158. The summed E-state index contributed by atoms with van der Waals surface area (Å²) in [6.07, 6.45) is 1.53. The van der Waals surface area contributed by atoms with Gasteiger partial charge in [0.25, 0.3) is 0 Å². The molecule has 0 spiro atoms. The Morgan fingerprint density at radius 1 is 1.04 bits per heavy atom. The van der Waals surface area contributed by atoms with Crippen LogP contribution in [0.3, 0.4) is 0 Å². The van der Waals surface area contributed by atoms with Crippen LogP contribution in [0.15, 0.2) is 65.8 Å². The number of hydrogen-bond acceptors (Lipinski definition) is 4. The van der Waals surface area contributed by atoms with Crippen LogP contribution in [0.2, 0.25) is 0 Å². The predicted octanol–water partition coefficient (Wildman–Crippen LogP) is 2.29. The molecule has 2 N–H and O–H groups in total. The highest BCUT2D eigenvalue weighted by Crippen LogP contribution is 2.15. The van der Waals surface area contributed by atoms with Gasteiger partial charge in [0.2, 0.25) is 0 Å². The molecule has 8 heteroatoms. The molecule has 4 amide bonds. The topological polar surface area (TPSA) is 102 Å². The van der Waals surface area contributed by atoms with Crippen molar-refractivity contribution in [2.75, 3.05) is 13.1 Å². The SMILES string of the molecule is O=C(O)[C@H](NC(=O)N1CCN(/N=C/c2ccccc2)C1=O)c1ccccc1. The van der Waals surface area contributed by atoms with Crippen LogP contribution < -0.4 is 5.32 Å². The van der Waals surface area contributed by atoms with Gasteiger partial charge in [0, 0.05) is 0 Å². The number of carboxylic acid groups (broad SMARTS) is 1. The van der Waals surface area contributed by atoms with Crippen molar-refractivity contribution in [2.24, 2.45) is 5.10 Å². The lowest BCUT2D eigenvalue weighted by molar-refractivity contribution is -0.139. The van der Waals surface area contributed by atoms with E-state index in [9.17, 15) is 19.5 Å². The highest BCUT2D eigenvalue weighted by Gasteiger charge is 2.35. The average Bonchev–Trinajstić information content (AvgIpc) is 3.06. The van der Waals surface area contributed by atoms with E-state index in [1.54, 1.807) is 30.3 Å². The summed E-state index contributed by atoms with van der Waals surface area (Å²) in [4.78, 5) is 37.3. The van der Waals surface area contributed by atoms with Gasteiger partial charge in [-0.25, -0.2) is 24.3 Å². The summed E-state index contributed by atoms with van der Waals surface area (Å²) in [5.74, 6) is -1.21. The van der Waals surface area contributed by atoms with Crippen LogP contribution in [-0.2, 0) is 4.79 Å². The summed E-state index contributed by atoms with van der Waals surface area (Å²) in [6.45, 7) is 0.358. The molecule has 0 unspecified atom stereocenters. The predicted molar refractivity (Wildman–Crippen MR) is 98.2 cm³/mol. The van der Waals surface area contributed by atoms with Gasteiger partial charge in [0.1, 0.15) is 0 Å². The zero-order valence-corrected chi connectivity index (χ0v) is 14.4. The van der Waals surface area contributed by atoms with Gasteiger partial charge < -0.3 is 10.4 Å². The van der Waals surface area contributed by atoms with Crippen LogP contribution in [0.1, 0.15) is 17.2 Å². The molecule has 2 aromatic rings. The van der Waals surface area contributed by atoms with Gasteiger partial charge in [-0.2, -0.15) is 5.10 Å². The monoisotopic (exact) mass is 366 g/mol. The maximum Gasteiger partial charge on any atom is 0.348 e. The molecule has 0 radical (unpaired) electrons. The number of imide groups is 1. The van der Waals surface area contributed by atoms with E-state index in [4.69, 9.17) is 0 Å². The first-order chi connectivity index (χ1) is 13.1. The number of carbonyl (C=O) groups excluding carboxylic acids is 2. The first-order valence-corrected chi connectivity index (χ1v) is 8.32. The van der Waals surface area contributed by atoms with Gasteiger partial charge in [-0.3, -0.25) is 0 Å². The van der Waals surface area contributed by atoms with Crippen LogP contribution in [0.4, 0.5) is 9.59 Å². The average molecular weight is 366 g/mol. The maximum absolute atomic E-state index is 12.4. The van der Waals surface area contributed by atoms with Crippen molar-refractivity contribution < 1.29 is 19.5 Å². The van der Waals surface area contributed by atoms with Gasteiger partial charge in [0.15, 0.2) is 6.04 Å². The van der Waals surface area contributed by atoms with Crippen molar-refractivity contribution in [1.82, 2.24) is 15.2 Å². The lowest BCUT2D eigenvalue weighted by Crippen LogP contribution is -2.45. The van der Waals surface area contributed by atoms with Crippen molar-refractivity contribution in [1.29, 1.82) is 0 Å². The summed E-state index contributed by atoms with van der Waals surface area (Å²) < 4.78 is 0. The number of hydrazone groups is 1. The Labute approximate surface area is 155 Å². The molecule has 0 bridgehead atoms. The molecule has 0 aliphatic carbocycles. The minimum absolute atomic E-state index is 0.123. The molecular formula is C19H18N4O4. The second-order valence-corrected chi connectivity index (χ2v) is 5.84. The Morgan fingerprint density at radius 3 is 2.30 bits per heavy atom. The molecule has 27 heavy (non-hydrogen) atoms. The summed E-state index contributed by atoms with van der Waals surface area (Å²) in [5.41, 5.74) is 1.24. The molecule has 1 atom stereocenters. The molecule has 3 rings (SSSR count). The van der Waals surface area contributed by atoms with E-state index in [2.05, 4.69) is 10.4 Å². The maximum atomic E-state index is 12.4. The Balaban J connectivity index is 1.66. The molecule has 1 heterocycles. The lowest BCUT2D eigenvalue weighted by atomic mass is 10.1. The molecule has 1 saturated heterocycles. The zero-order valence-electron chi connectivity index (χ0n) is 14.4. The minimum Gasteiger partial charge on any atom is -0.479 e. The summed E-state index contributed by atoms with van der Waals surface area (Å²) in [7, 11) is 0. The first kappa shape index (κ1) is 18.1. The van der Waals surface area contributed by atoms with Crippen molar-refractivity contribution in [3.63, 3.8) is 0 Å². The van der Waals surface area contributed by atoms with Crippen LogP contribution in [-0.4, -0.2) is 52.4 Å². The second-order valence-electron chi connectivity index (χ2n) is 5.84. The Bertz CT molecular complexity index is 855. The summed E-state index contributed by atoms with van der Waals surface area (Å²) in [5, 5.41) is 17.1. The van der Waals surface area contributed by atoms with Crippen LogP contribution in [0, 0.1) is 0 Å². The second kappa shape index (κ2) is 8.13. The Kier molecular flexibility index (Phi) is 5.46. The summed E-state index contributed by atoms with van der Waals surface area (Å²) in [6, 6.07) is 14.9. The number of carbonyl (C=O) groups is 3. The minimum atomic E-state index is -1.24. The van der Waals surface area contributed by atoms with Gasteiger partial charge in [0.05, 0.1) is 19.3 Å². The van der Waals surface area contributed by atoms with Crippen LogP contribution >= 0.6 is 0 Å². The third-order valence-corrected chi connectivity index (χ3v) is 4.03. The van der Waals surface area contributed by atoms with Gasteiger partial charge in [-0.05, 0) is 11.1 Å². The number of nitrogens with one attached hydrogen (secondary N) is 1. The third kappa shape index (κ3) is 4.30. The number of benzene rings is 2. The molecule has 2 aromatic carbocycles. The molecule has 138 valence electrons. The molecule has 0 aromatic heterocycles. The number of nitrogens with zero attached hydrogens (tertiary/aromatic N) is 3. The quantitative estimate of drug-likeness (QED) is 0.793. The van der Waals surface area contributed by atoms with Crippen molar-refractivity contribution >= 4 is 24.2 Å². The fourth-order valence-electron chi connectivity index (χ4n) is 2.63. The zero-order chi connectivity index (χ0) is 19.2. The first-order valence-electron chi connectivity index (χ1n) is 8.32. The smallest absolute Gasteiger partial charge is 0.348 e. The van der Waals surface area contributed by atoms with E-state index >= 15 is 0 Å². The van der Waals surface area contributed by atoms with Crippen LogP contribution in [0.5, 0.6) is 0 Å². The fourth-order valence-corrected chi connectivity index (χ4v) is 2.63. The van der Waals surface area contributed by atoms with Crippen molar-refractivity contribution in [2.45, 2.75) is 6.04 Å². The Hall–Kier alpha value is -3.68. The van der Waals surface area contributed by atoms with E-state index < -0.39 is 24.1 Å². The number of aliphatic carboxylic acids is 1. The largest absolute Gasteiger partial charge is 0.479 e. The van der Waals surface area contributed by atoms with Gasteiger partial charge in [-0.15, -0.1) is 0 Å². The lowest BCUT2D eigenvalue weighted by Gasteiger charge is -2.19. The number of carboxylic acids is 1. The van der Waals surface area contributed by atoms with E-state index in [0.29, 0.717) is 5.56 Å². The highest BCUT2D eigenvalue weighted by molar-refractivity contribution is 5.97.